The van der Waals surface area contributed by atoms with Crippen molar-refractivity contribution >= 4 is 36.0 Å². The summed E-state index contributed by atoms with van der Waals surface area (Å²) in [5.74, 6) is -0.725. The third kappa shape index (κ3) is 20.4. The van der Waals surface area contributed by atoms with Gasteiger partial charge in [0.1, 0.15) is 16.8 Å². The second kappa shape index (κ2) is 28.6. The molecule has 6 N–H and O–H groups in total. The number of benzene rings is 2. The van der Waals surface area contributed by atoms with Gasteiger partial charge in [-0.15, -0.1) is 0 Å². The van der Waals surface area contributed by atoms with E-state index in [-0.39, 0.29) is 41.4 Å². The number of rotatable bonds is 27. The van der Waals surface area contributed by atoms with Crippen molar-refractivity contribution in [2.24, 2.45) is 11.8 Å². The number of ether oxygens (including phenoxy) is 3. The quantitative estimate of drug-likeness (QED) is 0.0385. The molecule has 18 nitrogen and oxygen atoms in total. The van der Waals surface area contributed by atoms with E-state index in [2.05, 4.69) is 70.9 Å². The van der Waals surface area contributed by atoms with E-state index in [1.165, 1.54) is 0 Å². The Balaban J connectivity index is 1.21. The Hall–Kier alpha value is -5.98. The highest BCUT2D eigenvalue weighted by molar-refractivity contribution is 5.97. The third-order valence-corrected chi connectivity index (χ3v) is 13.5. The number of carbonyl (C=O) groups excluding carboxylic acids is 6. The lowest BCUT2D eigenvalue weighted by Crippen LogP contribution is -2.41. The number of amides is 6. The molecule has 2 aromatic rings. The van der Waals surface area contributed by atoms with Crippen molar-refractivity contribution in [1.29, 1.82) is 0 Å². The van der Waals surface area contributed by atoms with E-state index in [9.17, 15) is 28.8 Å². The molecule has 18 heteroatoms. The molecule has 2 aromatic carbocycles. The molecule has 2 unspecified atom stereocenters. The van der Waals surface area contributed by atoms with Gasteiger partial charge >= 0.3 is 18.3 Å². The normalized spacial score (nSPS) is 17.4. The standard InChI is InChI=1S/C59H91N9O9/c1-57(2,3)75-54(72)63-28-16-34-66(10)31-13-25-60-51(69)40-19-22-43-46(37-40)50-47-38-41(52(70)61-26-14-32-67(11)35-17-29-64-55(73)76-58(4,5)6)20-23-44(47)49(43)45-24-21-42(39-48(45)50)53(71)62-27-15-33-68(12)36-18-30-65-56(74)77-59(7,8)9/h19-24,37-39,43,46,49-50H,13-18,25-36H2,1-12H3,(H,60,69)(H,61,70)(H,62,71)(H,63,72)(H,64,73)(H,65,74). The molecule has 0 radical (unpaired) electrons. The van der Waals surface area contributed by atoms with Gasteiger partial charge in [0, 0.05) is 67.8 Å². The van der Waals surface area contributed by atoms with Crippen molar-refractivity contribution in [2.45, 2.75) is 129 Å². The Morgan fingerprint density at radius 3 is 1.08 bits per heavy atom. The highest BCUT2D eigenvalue weighted by Gasteiger charge is 2.49. The first-order chi connectivity index (χ1) is 36.3. The van der Waals surface area contributed by atoms with Gasteiger partial charge in [0.25, 0.3) is 17.7 Å². The zero-order chi connectivity index (χ0) is 56.5. The summed E-state index contributed by atoms with van der Waals surface area (Å²) < 4.78 is 16.0. The summed E-state index contributed by atoms with van der Waals surface area (Å²) in [4.78, 5) is 84.0. The molecule has 0 saturated carbocycles. The second-order valence-corrected chi connectivity index (χ2v) is 23.9. The fourth-order valence-corrected chi connectivity index (χ4v) is 10.1. The molecule has 2 atom stereocenters. The molecule has 4 aliphatic carbocycles. The number of carbonyl (C=O) groups is 6. The Morgan fingerprint density at radius 1 is 0.429 bits per heavy atom. The number of alkyl carbamates (subject to hydrolysis) is 3. The van der Waals surface area contributed by atoms with Crippen molar-refractivity contribution in [3.05, 3.63) is 93.6 Å². The van der Waals surface area contributed by atoms with Crippen LogP contribution in [0.5, 0.6) is 0 Å². The summed E-state index contributed by atoms with van der Waals surface area (Å²) in [5, 5.41) is 17.8. The lowest BCUT2D eigenvalue weighted by atomic mass is 9.53. The third-order valence-electron chi connectivity index (χ3n) is 13.5. The van der Waals surface area contributed by atoms with E-state index < -0.39 is 35.1 Å². The van der Waals surface area contributed by atoms with Gasteiger partial charge in [0.15, 0.2) is 0 Å². The maximum atomic E-state index is 13.8. The van der Waals surface area contributed by atoms with Crippen molar-refractivity contribution in [1.82, 2.24) is 46.6 Å². The van der Waals surface area contributed by atoms with Crippen molar-refractivity contribution in [3.8, 4) is 0 Å². The largest absolute Gasteiger partial charge is 0.444 e. The molecule has 2 bridgehead atoms. The zero-order valence-electron chi connectivity index (χ0n) is 48.2. The van der Waals surface area contributed by atoms with Crippen LogP contribution in [0.2, 0.25) is 0 Å². The molecule has 77 heavy (non-hydrogen) atoms. The molecule has 0 fully saturated rings. The van der Waals surface area contributed by atoms with Gasteiger partial charge in [0.05, 0.1) is 0 Å². The van der Waals surface area contributed by atoms with Crippen LogP contribution in [0.1, 0.15) is 156 Å². The van der Waals surface area contributed by atoms with Crippen LogP contribution in [0.15, 0.2) is 60.2 Å². The minimum absolute atomic E-state index is 0.0408. The Morgan fingerprint density at radius 2 is 0.740 bits per heavy atom. The summed E-state index contributed by atoms with van der Waals surface area (Å²) in [6.45, 7) is 24.2. The van der Waals surface area contributed by atoms with Gasteiger partial charge in [-0.3, -0.25) is 14.4 Å². The van der Waals surface area contributed by atoms with Crippen molar-refractivity contribution in [2.75, 3.05) is 99.7 Å². The van der Waals surface area contributed by atoms with Gasteiger partial charge in [-0.2, -0.15) is 0 Å². The highest BCUT2D eigenvalue weighted by atomic mass is 16.6. The number of nitrogens with one attached hydrogen (secondary N) is 6. The van der Waals surface area contributed by atoms with E-state index in [0.717, 1.165) is 100 Å². The molecule has 0 aromatic heterocycles. The highest BCUT2D eigenvalue weighted by Crippen LogP contribution is 2.60. The first-order valence-electron chi connectivity index (χ1n) is 27.8. The van der Waals surface area contributed by atoms with Crippen LogP contribution < -0.4 is 31.9 Å². The van der Waals surface area contributed by atoms with Gasteiger partial charge in [0.2, 0.25) is 0 Å². The lowest BCUT2D eigenvalue weighted by molar-refractivity contribution is -0.117. The minimum Gasteiger partial charge on any atom is -0.444 e. The molecule has 4 aliphatic rings. The zero-order valence-corrected chi connectivity index (χ0v) is 48.2. The number of allylic oxidation sites excluding steroid dienone is 2. The van der Waals surface area contributed by atoms with Gasteiger partial charge in [-0.1, -0.05) is 30.4 Å². The fourth-order valence-electron chi connectivity index (χ4n) is 10.1. The molecule has 0 saturated heterocycles. The predicted molar refractivity (Wildman–Crippen MR) is 301 cm³/mol. The lowest BCUT2D eigenvalue weighted by Gasteiger charge is -2.50. The molecular weight excluding hydrogens is 979 g/mol. The number of hydrogen-bond donors (Lipinski definition) is 6. The SMILES string of the molecule is CN(CCCNC(=O)OC(C)(C)C)CCCNC(=O)C1=CC2C3c4cc(C(=O)NCCCN(C)CCCNC(=O)OC(C)(C)C)ccc4C(c4ccc(C(=O)NCCCN(C)CCCNC(=O)OC(C)(C)C)cc43)C2C=C1. The monoisotopic (exact) mass is 1070 g/mol. The summed E-state index contributed by atoms with van der Waals surface area (Å²) >= 11 is 0. The maximum Gasteiger partial charge on any atom is 0.407 e. The van der Waals surface area contributed by atoms with Crippen LogP contribution in [-0.2, 0) is 19.0 Å². The molecule has 6 rings (SSSR count). The topological polar surface area (TPSA) is 212 Å². The van der Waals surface area contributed by atoms with Gasteiger partial charge < -0.3 is 60.8 Å². The Bertz CT molecular complexity index is 2290. The molecule has 0 heterocycles. The summed E-state index contributed by atoms with van der Waals surface area (Å²) in [5.41, 5.74) is 4.47. The van der Waals surface area contributed by atoms with Crippen molar-refractivity contribution in [3.63, 3.8) is 0 Å². The van der Waals surface area contributed by atoms with Gasteiger partial charge in [-0.25, -0.2) is 14.4 Å². The van der Waals surface area contributed by atoms with Crippen LogP contribution in [0.4, 0.5) is 14.4 Å². The minimum atomic E-state index is -0.544. The van der Waals surface area contributed by atoms with E-state index >= 15 is 0 Å². The van der Waals surface area contributed by atoms with Crippen LogP contribution in [0.25, 0.3) is 0 Å². The first kappa shape index (κ1) is 61.9. The van der Waals surface area contributed by atoms with Crippen LogP contribution >= 0.6 is 0 Å². The first-order valence-corrected chi connectivity index (χ1v) is 27.8. The number of hydrogen-bond acceptors (Lipinski definition) is 12. The van der Waals surface area contributed by atoms with Gasteiger partial charge in [-0.05, 0) is 220 Å². The maximum absolute atomic E-state index is 13.8. The van der Waals surface area contributed by atoms with Crippen LogP contribution in [0.3, 0.4) is 0 Å². The second-order valence-electron chi connectivity index (χ2n) is 23.9. The average Bonchev–Trinajstić information content (AvgIpc) is 3.34. The Labute approximate surface area is 458 Å². The van der Waals surface area contributed by atoms with E-state index in [1.54, 1.807) is 0 Å². The smallest absolute Gasteiger partial charge is 0.407 e. The Kier molecular flexibility index (Phi) is 23.0. The summed E-state index contributed by atoms with van der Waals surface area (Å²) in [7, 11) is 6.08. The average molecular weight is 1070 g/mol. The van der Waals surface area contributed by atoms with Crippen LogP contribution in [0, 0.1) is 11.8 Å². The molecule has 426 valence electrons. The van der Waals surface area contributed by atoms with Crippen molar-refractivity contribution < 1.29 is 43.0 Å². The molecule has 0 spiro atoms. The van der Waals surface area contributed by atoms with E-state index in [4.69, 9.17) is 14.2 Å². The molecule has 6 amide bonds. The molecule has 0 aliphatic heterocycles. The molecular formula is C59H91N9O9. The van der Waals surface area contributed by atoms with E-state index in [1.807, 2.05) is 114 Å². The number of nitrogens with zero attached hydrogens (tertiary/aromatic N) is 3. The summed E-state index contributed by atoms with van der Waals surface area (Å²) in [6.07, 6.45) is 9.51. The van der Waals surface area contributed by atoms with E-state index in [0.29, 0.717) is 56.0 Å². The predicted octanol–water partition coefficient (Wildman–Crippen LogP) is 7.29. The van der Waals surface area contributed by atoms with Crippen LogP contribution in [-0.4, -0.2) is 167 Å². The summed E-state index contributed by atoms with van der Waals surface area (Å²) in [6, 6.07) is 12.0. The fraction of sp³-hybridized carbons (Fsp3) is 0.627.